The summed E-state index contributed by atoms with van der Waals surface area (Å²) < 4.78 is 5.90. The fourth-order valence-corrected chi connectivity index (χ4v) is 2.48. The van der Waals surface area contributed by atoms with Crippen LogP contribution in [0, 0.1) is 0 Å². The highest BCUT2D eigenvalue weighted by molar-refractivity contribution is 6.30. The van der Waals surface area contributed by atoms with Gasteiger partial charge in [-0.15, -0.1) is 0 Å². The zero-order valence-corrected chi connectivity index (χ0v) is 9.01. The summed E-state index contributed by atoms with van der Waals surface area (Å²) in [6.45, 7) is 0. The minimum Gasteiger partial charge on any atom is -0.486 e. The number of rotatable bonds is 0. The van der Waals surface area contributed by atoms with Crippen LogP contribution in [0.3, 0.4) is 0 Å². The lowest BCUT2D eigenvalue weighted by atomic mass is 9.74. The first-order valence-corrected chi connectivity index (χ1v) is 5.58. The number of hydrogen-bond donors (Lipinski definition) is 0. The Kier molecular flexibility index (Phi) is 1.84. The second kappa shape index (κ2) is 2.99. The molecule has 0 atom stereocenters. The lowest BCUT2D eigenvalue weighted by molar-refractivity contribution is -0.0177. The summed E-state index contributed by atoms with van der Waals surface area (Å²) >= 11 is 5.89. The van der Waals surface area contributed by atoms with Crippen molar-refractivity contribution in [2.75, 3.05) is 0 Å². The van der Waals surface area contributed by atoms with E-state index in [9.17, 15) is 4.79 Å². The van der Waals surface area contributed by atoms with Gasteiger partial charge < -0.3 is 4.74 Å². The zero-order valence-electron chi connectivity index (χ0n) is 8.25. The maximum atomic E-state index is 11.9. The van der Waals surface area contributed by atoms with E-state index >= 15 is 0 Å². The van der Waals surface area contributed by atoms with Crippen molar-refractivity contribution in [3.05, 3.63) is 28.8 Å². The van der Waals surface area contributed by atoms with Crippen molar-refractivity contribution in [3.63, 3.8) is 0 Å². The first-order valence-electron chi connectivity index (χ1n) is 5.20. The van der Waals surface area contributed by atoms with Crippen LogP contribution in [-0.2, 0) is 0 Å². The highest BCUT2D eigenvalue weighted by Gasteiger charge is 2.45. The van der Waals surface area contributed by atoms with E-state index in [2.05, 4.69) is 0 Å². The molecule has 0 unspecified atom stereocenters. The van der Waals surface area contributed by atoms with Crippen molar-refractivity contribution in [1.82, 2.24) is 0 Å². The van der Waals surface area contributed by atoms with Gasteiger partial charge in [0.15, 0.2) is 5.78 Å². The van der Waals surface area contributed by atoms with Crippen LogP contribution in [0.15, 0.2) is 18.2 Å². The molecule has 1 heterocycles. The first kappa shape index (κ1) is 9.22. The highest BCUT2D eigenvalue weighted by atomic mass is 35.5. The summed E-state index contributed by atoms with van der Waals surface area (Å²) in [7, 11) is 0. The van der Waals surface area contributed by atoms with Gasteiger partial charge in [-0.25, -0.2) is 0 Å². The molecule has 1 saturated carbocycles. The van der Waals surface area contributed by atoms with Gasteiger partial charge in [-0.3, -0.25) is 4.79 Å². The van der Waals surface area contributed by atoms with Crippen LogP contribution in [0.5, 0.6) is 5.75 Å². The predicted octanol–water partition coefficient (Wildman–Crippen LogP) is 3.23. The number of halogens is 1. The Balaban J connectivity index is 2.05. The Bertz CT molecular complexity index is 435. The second-order valence-corrected chi connectivity index (χ2v) is 4.82. The van der Waals surface area contributed by atoms with E-state index in [1.54, 1.807) is 18.2 Å². The first-order chi connectivity index (χ1) is 7.19. The van der Waals surface area contributed by atoms with Crippen molar-refractivity contribution in [3.8, 4) is 5.75 Å². The molecular formula is C12H11ClO2. The minimum atomic E-state index is -0.200. The molecule has 0 radical (unpaired) electrons. The van der Waals surface area contributed by atoms with E-state index < -0.39 is 0 Å². The fourth-order valence-electron chi connectivity index (χ4n) is 2.32. The normalized spacial score (nSPS) is 21.8. The van der Waals surface area contributed by atoms with E-state index in [4.69, 9.17) is 16.3 Å². The van der Waals surface area contributed by atoms with Gasteiger partial charge in [-0.05, 0) is 37.5 Å². The molecule has 0 aromatic heterocycles. The molecule has 2 nitrogen and oxygen atoms in total. The third kappa shape index (κ3) is 1.36. The molecule has 2 aliphatic rings. The van der Waals surface area contributed by atoms with Gasteiger partial charge in [0.05, 0.1) is 12.0 Å². The Labute approximate surface area is 93.2 Å². The number of ether oxygens (including phenoxy) is 1. The Hall–Kier alpha value is -1.02. The lowest BCUT2D eigenvalue weighted by Crippen LogP contribution is -2.47. The zero-order chi connectivity index (χ0) is 10.5. The van der Waals surface area contributed by atoms with Crippen molar-refractivity contribution in [2.45, 2.75) is 31.3 Å². The van der Waals surface area contributed by atoms with Crippen molar-refractivity contribution in [1.29, 1.82) is 0 Å². The average Bonchev–Trinajstić information content (AvgIpc) is 2.14. The van der Waals surface area contributed by atoms with Gasteiger partial charge in [0.2, 0.25) is 0 Å². The maximum absolute atomic E-state index is 11.9. The second-order valence-electron chi connectivity index (χ2n) is 4.38. The third-order valence-electron chi connectivity index (χ3n) is 3.32. The topological polar surface area (TPSA) is 26.3 Å². The van der Waals surface area contributed by atoms with Crippen LogP contribution < -0.4 is 4.74 Å². The highest BCUT2D eigenvalue weighted by Crippen LogP contribution is 2.45. The molecular weight excluding hydrogens is 212 g/mol. The smallest absolute Gasteiger partial charge is 0.170 e. The molecule has 1 aromatic rings. The van der Waals surface area contributed by atoms with Gasteiger partial charge in [0.1, 0.15) is 11.4 Å². The Morgan fingerprint density at radius 3 is 2.80 bits per heavy atom. The van der Waals surface area contributed by atoms with Gasteiger partial charge in [-0.2, -0.15) is 0 Å². The molecule has 3 heteroatoms. The minimum absolute atomic E-state index is 0.188. The Morgan fingerprint density at radius 2 is 2.13 bits per heavy atom. The lowest BCUT2D eigenvalue weighted by Gasteiger charge is -2.44. The number of fused-ring (bicyclic) bond motifs is 1. The van der Waals surface area contributed by atoms with Crippen LogP contribution >= 0.6 is 11.6 Å². The largest absolute Gasteiger partial charge is 0.486 e. The monoisotopic (exact) mass is 222 g/mol. The molecule has 1 aliphatic carbocycles. The van der Waals surface area contributed by atoms with Crippen LogP contribution in [0.25, 0.3) is 0 Å². The van der Waals surface area contributed by atoms with E-state index in [0.29, 0.717) is 22.8 Å². The number of carbonyl (C=O) groups is 1. The maximum Gasteiger partial charge on any atom is 0.170 e. The summed E-state index contributed by atoms with van der Waals surface area (Å²) in [5.74, 6) is 0.853. The van der Waals surface area contributed by atoms with Gasteiger partial charge >= 0.3 is 0 Å². The molecule has 0 N–H and O–H groups in total. The molecule has 0 amide bonds. The quantitative estimate of drug-likeness (QED) is 0.674. The van der Waals surface area contributed by atoms with Crippen LogP contribution in [0.4, 0.5) is 0 Å². The number of benzene rings is 1. The molecule has 1 aromatic carbocycles. The van der Waals surface area contributed by atoms with Gasteiger partial charge in [-0.1, -0.05) is 11.6 Å². The summed E-state index contributed by atoms with van der Waals surface area (Å²) in [6, 6.07) is 5.24. The molecule has 0 bridgehead atoms. The molecule has 78 valence electrons. The molecule has 1 fully saturated rings. The van der Waals surface area contributed by atoms with Crippen molar-refractivity contribution in [2.24, 2.45) is 0 Å². The number of carbonyl (C=O) groups excluding carboxylic acids is 1. The summed E-state index contributed by atoms with van der Waals surface area (Å²) in [4.78, 5) is 11.9. The standard InChI is InChI=1S/C12H11ClO2/c13-8-2-3-9-10(14)7-12(4-1-5-12)15-11(9)6-8/h2-3,6H,1,4-5,7H2. The van der Waals surface area contributed by atoms with Crippen LogP contribution in [0.2, 0.25) is 5.02 Å². The van der Waals surface area contributed by atoms with E-state index in [1.165, 1.54) is 0 Å². The van der Waals surface area contributed by atoms with E-state index in [1.807, 2.05) is 0 Å². The summed E-state index contributed by atoms with van der Waals surface area (Å²) in [5.41, 5.74) is 0.478. The molecule has 3 rings (SSSR count). The van der Waals surface area contributed by atoms with Crippen molar-refractivity contribution < 1.29 is 9.53 Å². The van der Waals surface area contributed by atoms with Crippen molar-refractivity contribution >= 4 is 17.4 Å². The van der Waals surface area contributed by atoms with Gasteiger partial charge in [0, 0.05) is 5.02 Å². The predicted molar refractivity (Wildman–Crippen MR) is 57.6 cm³/mol. The van der Waals surface area contributed by atoms with Crippen LogP contribution in [0.1, 0.15) is 36.0 Å². The van der Waals surface area contributed by atoms with E-state index in [-0.39, 0.29) is 11.4 Å². The summed E-state index contributed by atoms with van der Waals surface area (Å²) in [5, 5.41) is 0.623. The number of Topliss-reactive ketones (excluding diaryl/α,β-unsaturated/α-hetero) is 1. The summed E-state index contributed by atoms with van der Waals surface area (Å²) in [6.07, 6.45) is 3.67. The molecule has 1 spiro atoms. The molecule has 1 aliphatic heterocycles. The Morgan fingerprint density at radius 1 is 1.33 bits per heavy atom. The molecule has 15 heavy (non-hydrogen) atoms. The van der Waals surface area contributed by atoms with Crippen LogP contribution in [-0.4, -0.2) is 11.4 Å². The number of hydrogen-bond acceptors (Lipinski definition) is 2. The van der Waals surface area contributed by atoms with E-state index in [0.717, 1.165) is 19.3 Å². The third-order valence-corrected chi connectivity index (χ3v) is 3.55. The fraction of sp³-hybridized carbons (Fsp3) is 0.417. The molecule has 0 saturated heterocycles. The SMILES string of the molecule is O=C1CC2(CCC2)Oc2cc(Cl)ccc21. The van der Waals surface area contributed by atoms with Gasteiger partial charge in [0.25, 0.3) is 0 Å². The number of ketones is 1. The average molecular weight is 223 g/mol.